The second-order valence-corrected chi connectivity index (χ2v) is 5.05. The Hall–Kier alpha value is -1.61. The molecule has 0 unspecified atom stereocenters. The van der Waals surface area contributed by atoms with E-state index in [1.54, 1.807) is 18.2 Å². The monoisotopic (exact) mass is 218 g/mol. The van der Waals surface area contributed by atoms with E-state index in [4.69, 9.17) is 0 Å². The molecule has 2 nitrogen and oxygen atoms in total. The van der Waals surface area contributed by atoms with Gasteiger partial charge in [-0.1, -0.05) is 43.0 Å². The van der Waals surface area contributed by atoms with E-state index in [1.165, 1.54) is 0 Å². The number of benzene rings is 2. The minimum absolute atomic E-state index is 0.315. The van der Waals surface area contributed by atoms with Crippen LogP contribution in [0.3, 0.4) is 0 Å². The fraction of sp³-hybridized carbons (Fsp3) is 0. The van der Waals surface area contributed by atoms with Crippen molar-refractivity contribution in [3.8, 4) is 0 Å². The summed E-state index contributed by atoms with van der Waals surface area (Å²) in [6, 6.07) is 12.6. The lowest BCUT2D eigenvalue weighted by atomic mass is 10.1. The van der Waals surface area contributed by atoms with Crippen molar-refractivity contribution in [2.45, 2.75) is 4.90 Å². The third-order valence-corrected chi connectivity index (χ3v) is 3.68. The molecule has 0 aliphatic carbocycles. The molecule has 0 aliphatic heterocycles. The van der Waals surface area contributed by atoms with Crippen molar-refractivity contribution in [2.75, 3.05) is 0 Å². The van der Waals surface area contributed by atoms with Crippen molar-refractivity contribution < 1.29 is 8.42 Å². The van der Waals surface area contributed by atoms with E-state index in [-0.39, 0.29) is 0 Å². The van der Waals surface area contributed by atoms with Crippen molar-refractivity contribution in [3.63, 3.8) is 0 Å². The molecule has 2 aromatic carbocycles. The van der Waals surface area contributed by atoms with Crippen LogP contribution in [0.5, 0.6) is 0 Å². The largest absolute Gasteiger partial charge is 0.219 e. The predicted octanol–water partition coefficient (Wildman–Crippen LogP) is 2.76. The Morgan fingerprint density at radius 2 is 1.67 bits per heavy atom. The molecule has 0 N–H and O–H groups in total. The molecule has 2 rings (SSSR count). The molecule has 3 heteroatoms. The average molecular weight is 218 g/mol. The van der Waals surface area contributed by atoms with Gasteiger partial charge in [-0.15, -0.1) is 0 Å². The van der Waals surface area contributed by atoms with Crippen molar-refractivity contribution in [2.24, 2.45) is 0 Å². The summed E-state index contributed by atoms with van der Waals surface area (Å²) >= 11 is 0. The van der Waals surface area contributed by atoms with Gasteiger partial charge in [-0.2, -0.15) is 0 Å². The summed E-state index contributed by atoms with van der Waals surface area (Å²) in [7, 11) is -3.36. The quantitative estimate of drug-likeness (QED) is 0.776. The zero-order valence-electron chi connectivity index (χ0n) is 8.05. The fourth-order valence-electron chi connectivity index (χ4n) is 1.53. The molecule has 0 amide bonds. The molecular weight excluding hydrogens is 208 g/mol. The topological polar surface area (TPSA) is 34.1 Å². The van der Waals surface area contributed by atoms with Crippen molar-refractivity contribution in [1.82, 2.24) is 0 Å². The van der Waals surface area contributed by atoms with Crippen molar-refractivity contribution >= 4 is 20.6 Å². The van der Waals surface area contributed by atoms with Crippen molar-refractivity contribution in [1.29, 1.82) is 0 Å². The van der Waals surface area contributed by atoms with E-state index in [0.717, 1.165) is 16.2 Å². The molecule has 0 saturated heterocycles. The SMILES string of the molecule is C=CS(=O)(=O)c1cccc2ccccc12. The van der Waals surface area contributed by atoms with Crippen LogP contribution in [0, 0.1) is 0 Å². The molecule has 0 bridgehead atoms. The number of hydrogen-bond donors (Lipinski definition) is 0. The highest BCUT2D eigenvalue weighted by Gasteiger charge is 2.12. The number of rotatable bonds is 2. The number of hydrogen-bond acceptors (Lipinski definition) is 2. The zero-order chi connectivity index (χ0) is 10.9. The fourth-order valence-corrected chi connectivity index (χ4v) is 2.47. The molecule has 0 saturated carbocycles. The van der Waals surface area contributed by atoms with Crippen LogP contribution in [0.1, 0.15) is 0 Å². The first-order chi connectivity index (χ1) is 7.15. The lowest BCUT2D eigenvalue weighted by molar-refractivity contribution is 0.605. The maximum absolute atomic E-state index is 11.7. The van der Waals surface area contributed by atoms with E-state index < -0.39 is 9.84 Å². The summed E-state index contributed by atoms with van der Waals surface area (Å²) in [4.78, 5) is 0.315. The zero-order valence-corrected chi connectivity index (χ0v) is 8.87. The lowest BCUT2D eigenvalue weighted by Gasteiger charge is -2.03. The third kappa shape index (κ3) is 1.66. The Kier molecular flexibility index (Phi) is 2.32. The van der Waals surface area contributed by atoms with E-state index in [2.05, 4.69) is 6.58 Å². The van der Waals surface area contributed by atoms with E-state index in [1.807, 2.05) is 24.3 Å². The van der Waals surface area contributed by atoms with Gasteiger partial charge in [-0.3, -0.25) is 0 Å². The molecular formula is C12H10O2S. The molecule has 0 spiro atoms. The summed E-state index contributed by atoms with van der Waals surface area (Å²) in [6.07, 6.45) is 0. The highest BCUT2D eigenvalue weighted by molar-refractivity contribution is 7.94. The Bertz CT molecular complexity index is 607. The van der Waals surface area contributed by atoms with Gasteiger partial charge in [-0.25, -0.2) is 8.42 Å². The first-order valence-electron chi connectivity index (χ1n) is 4.50. The maximum atomic E-state index is 11.7. The van der Waals surface area contributed by atoms with E-state index in [0.29, 0.717) is 4.90 Å². The molecule has 2 aromatic rings. The van der Waals surface area contributed by atoms with Crippen LogP contribution < -0.4 is 0 Å². The van der Waals surface area contributed by atoms with Gasteiger partial charge in [-0.05, 0) is 11.5 Å². The van der Waals surface area contributed by atoms with E-state index >= 15 is 0 Å². The standard InChI is InChI=1S/C12H10O2S/c1-2-15(13,14)12-9-5-7-10-6-3-4-8-11(10)12/h2-9H,1H2. The summed E-state index contributed by atoms with van der Waals surface area (Å²) in [6.45, 7) is 3.33. The summed E-state index contributed by atoms with van der Waals surface area (Å²) in [5.41, 5.74) is 0. The molecule has 0 aliphatic rings. The van der Waals surface area contributed by atoms with Gasteiger partial charge in [0.2, 0.25) is 0 Å². The van der Waals surface area contributed by atoms with Gasteiger partial charge < -0.3 is 0 Å². The van der Waals surface area contributed by atoms with Crippen LogP contribution >= 0.6 is 0 Å². The second kappa shape index (κ2) is 3.51. The van der Waals surface area contributed by atoms with Gasteiger partial charge in [0, 0.05) is 10.8 Å². The van der Waals surface area contributed by atoms with Crippen LogP contribution in [0.25, 0.3) is 10.8 Å². The van der Waals surface area contributed by atoms with E-state index in [9.17, 15) is 8.42 Å². The van der Waals surface area contributed by atoms with Crippen LogP contribution in [0.2, 0.25) is 0 Å². The van der Waals surface area contributed by atoms with Gasteiger partial charge in [0.25, 0.3) is 0 Å². The highest BCUT2D eigenvalue weighted by atomic mass is 32.2. The van der Waals surface area contributed by atoms with Gasteiger partial charge in [0.05, 0.1) is 4.90 Å². The summed E-state index contributed by atoms with van der Waals surface area (Å²) < 4.78 is 23.4. The third-order valence-electron chi connectivity index (χ3n) is 2.28. The first kappa shape index (κ1) is 9.93. The molecule has 15 heavy (non-hydrogen) atoms. The van der Waals surface area contributed by atoms with Crippen LogP contribution in [0.4, 0.5) is 0 Å². The average Bonchev–Trinajstić information content (AvgIpc) is 2.28. The Labute approximate surface area is 88.8 Å². The summed E-state index contributed by atoms with van der Waals surface area (Å²) in [5.74, 6) is 0. The van der Waals surface area contributed by atoms with Gasteiger partial charge in [0.1, 0.15) is 0 Å². The minimum atomic E-state index is -3.36. The molecule has 0 heterocycles. The van der Waals surface area contributed by atoms with Gasteiger partial charge in [0.15, 0.2) is 9.84 Å². The Balaban J connectivity index is 2.89. The predicted molar refractivity (Wildman–Crippen MR) is 61.3 cm³/mol. The van der Waals surface area contributed by atoms with Crippen LogP contribution in [0.15, 0.2) is 59.3 Å². The van der Waals surface area contributed by atoms with Gasteiger partial charge >= 0.3 is 0 Å². The smallest absolute Gasteiger partial charge is 0.199 e. The Morgan fingerprint density at radius 1 is 1.00 bits per heavy atom. The lowest BCUT2D eigenvalue weighted by Crippen LogP contribution is -1.96. The molecule has 0 fully saturated rings. The molecule has 0 radical (unpaired) electrons. The first-order valence-corrected chi connectivity index (χ1v) is 6.05. The Morgan fingerprint density at radius 3 is 2.40 bits per heavy atom. The normalized spacial score (nSPS) is 11.5. The van der Waals surface area contributed by atoms with Crippen molar-refractivity contribution in [3.05, 3.63) is 54.5 Å². The van der Waals surface area contributed by atoms with Crippen LogP contribution in [-0.2, 0) is 9.84 Å². The van der Waals surface area contributed by atoms with Crippen LogP contribution in [-0.4, -0.2) is 8.42 Å². The second-order valence-electron chi connectivity index (χ2n) is 3.19. The molecule has 0 aromatic heterocycles. The molecule has 76 valence electrons. The maximum Gasteiger partial charge on any atom is 0.199 e. The minimum Gasteiger partial charge on any atom is -0.219 e. The highest BCUT2D eigenvalue weighted by Crippen LogP contribution is 2.23. The number of sulfone groups is 1. The summed E-state index contributed by atoms with van der Waals surface area (Å²) in [5, 5.41) is 2.63. The molecule has 0 atom stereocenters. The number of fused-ring (bicyclic) bond motifs is 1.